The molecule has 5 atom stereocenters. The van der Waals surface area contributed by atoms with Gasteiger partial charge in [0.1, 0.15) is 47.3 Å². The topological polar surface area (TPSA) is 147 Å². The predicted molar refractivity (Wildman–Crippen MR) is 309 cm³/mol. The third-order valence-electron chi connectivity index (χ3n) is 14.3. The summed E-state index contributed by atoms with van der Waals surface area (Å²) in [5.74, 6) is 1.94. The molecule has 77 heavy (non-hydrogen) atoms. The highest BCUT2D eigenvalue weighted by molar-refractivity contribution is 7.44. The fourth-order valence-electron chi connectivity index (χ4n) is 9.43. The van der Waals surface area contributed by atoms with E-state index in [1.807, 2.05) is 132 Å². The molecule has 0 bridgehead atoms. The number of anilines is 1. The first-order valence-corrected chi connectivity index (χ1v) is 30.4. The lowest BCUT2D eigenvalue weighted by atomic mass is 9.80. The van der Waals surface area contributed by atoms with E-state index in [0.29, 0.717) is 40.8 Å². The van der Waals surface area contributed by atoms with Crippen molar-refractivity contribution in [2.45, 2.75) is 122 Å². The number of benzene rings is 5. The van der Waals surface area contributed by atoms with Gasteiger partial charge in [0, 0.05) is 18.6 Å². The molecule has 0 radical (unpaired) electrons. The number of nitriles is 1. The minimum atomic E-state index is -2.71. The molecule has 0 spiro atoms. The van der Waals surface area contributed by atoms with Gasteiger partial charge in [-0.15, -0.1) is 0 Å². The predicted octanol–water partition coefficient (Wildman–Crippen LogP) is 13.6. The van der Waals surface area contributed by atoms with Crippen LogP contribution in [0.4, 0.5) is 5.95 Å². The second-order valence-corrected chi connectivity index (χ2v) is 27.3. The van der Waals surface area contributed by atoms with Crippen LogP contribution in [0.1, 0.15) is 94.6 Å². The maximum Gasteiger partial charge on any atom is 0.259 e. The second kappa shape index (κ2) is 25.4. The van der Waals surface area contributed by atoms with Crippen LogP contribution in [0.25, 0.3) is 23.3 Å². The Hall–Kier alpha value is -6.31. The number of hydrogen-bond donors (Lipinski definition) is 1. The summed E-state index contributed by atoms with van der Waals surface area (Å²) >= 11 is 0. The van der Waals surface area contributed by atoms with Crippen molar-refractivity contribution in [2.75, 3.05) is 32.8 Å². The van der Waals surface area contributed by atoms with E-state index >= 15 is 0 Å². The molecule has 8 rings (SSSR count). The maximum atomic E-state index is 9.80. The molecule has 1 aliphatic heterocycles. The summed E-state index contributed by atoms with van der Waals surface area (Å²) in [5, 5.41) is 13.3. The number of nitrogens with zero attached hydrogens (tertiary/aromatic N) is 6. The van der Waals surface area contributed by atoms with Crippen LogP contribution in [0.15, 0.2) is 146 Å². The zero-order valence-electron chi connectivity index (χ0n) is 46.3. The summed E-state index contributed by atoms with van der Waals surface area (Å²) in [6.45, 7) is 20.4. The standard InChI is InChI=1S/C61H74N7O7PSi/c1-43(2)68(44(3)4)76(72-39-21-38-62)74-55-53(41-71-61(47-26-19-14-20-27-47,48-29-33-50(69-8)34-30-48)49-31-35-51(70-9)36-32-49)73-58(56(55)75-77(10,11)60(5,6)7)67-57-54(66-59(67)63-40-46-24-17-13-18-25-46)52(64-42-65-57)37-28-45-22-15-12-16-23-45/h12-20,22-37,42-44,53,55-56,58H,21,39-41H2,1-11H3,(H,63,66)/b37-28+/t53-,55-,56-,58-,76?/m1/s1. The molecule has 2 aromatic heterocycles. The number of rotatable bonds is 24. The highest BCUT2D eigenvalue weighted by Gasteiger charge is 2.55. The van der Waals surface area contributed by atoms with Crippen molar-refractivity contribution in [1.82, 2.24) is 24.2 Å². The van der Waals surface area contributed by atoms with Crippen LogP contribution in [0.3, 0.4) is 0 Å². The van der Waals surface area contributed by atoms with E-state index in [1.165, 1.54) is 0 Å². The summed E-state index contributed by atoms with van der Waals surface area (Å²) in [5.41, 5.74) is 5.27. The van der Waals surface area contributed by atoms with Crippen molar-refractivity contribution in [3.63, 3.8) is 0 Å². The molecule has 1 unspecified atom stereocenters. The number of hydrogen-bond acceptors (Lipinski definition) is 13. The van der Waals surface area contributed by atoms with Crippen LogP contribution in [-0.2, 0) is 35.1 Å². The lowest BCUT2D eigenvalue weighted by molar-refractivity contribution is -0.0922. The Morgan fingerprint density at radius 3 is 1.90 bits per heavy atom. The molecule has 3 heterocycles. The first kappa shape index (κ1) is 56.9. The number of imidazole rings is 1. The fraction of sp³-hybridized carbons (Fsp3) is 0.377. The smallest absolute Gasteiger partial charge is 0.259 e. The lowest BCUT2D eigenvalue weighted by Crippen LogP contribution is -2.50. The van der Waals surface area contributed by atoms with E-state index in [0.717, 1.165) is 27.8 Å². The largest absolute Gasteiger partial charge is 0.497 e. The van der Waals surface area contributed by atoms with Gasteiger partial charge in [-0.1, -0.05) is 142 Å². The van der Waals surface area contributed by atoms with Crippen molar-refractivity contribution < 1.29 is 32.4 Å². The van der Waals surface area contributed by atoms with E-state index in [2.05, 4.69) is 102 Å². The number of methoxy groups -OCH3 is 2. The van der Waals surface area contributed by atoms with Crippen LogP contribution in [0.2, 0.25) is 18.1 Å². The van der Waals surface area contributed by atoms with E-state index in [1.54, 1.807) is 20.5 Å². The Labute approximate surface area is 457 Å². The Balaban J connectivity index is 1.36. The van der Waals surface area contributed by atoms with Gasteiger partial charge < -0.3 is 37.7 Å². The van der Waals surface area contributed by atoms with Crippen molar-refractivity contribution >= 4 is 46.1 Å². The Kier molecular flexibility index (Phi) is 18.8. The van der Waals surface area contributed by atoms with Crippen LogP contribution in [0.5, 0.6) is 11.5 Å². The van der Waals surface area contributed by atoms with Gasteiger partial charge >= 0.3 is 0 Å². The lowest BCUT2D eigenvalue weighted by Gasteiger charge is -2.42. The average molecular weight is 1080 g/mol. The molecule has 5 aromatic carbocycles. The fourth-order valence-corrected chi connectivity index (χ4v) is 12.5. The Morgan fingerprint density at radius 1 is 0.766 bits per heavy atom. The summed E-state index contributed by atoms with van der Waals surface area (Å²) in [7, 11) is -1.23. The minimum Gasteiger partial charge on any atom is -0.497 e. The SMILES string of the molecule is COc1ccc(C(OC[C@H]2O[C@@H](n3c(NCc4ccccc4)nc4c(/C=C/c5ccccc5)ncnc43)[C@H](O[Si](C)(C)C(C)(C)C)[C@@H]2OP(OCCC#N)N(C(C)C)C(C)C)(c2ccccc2)c2ccc(OC)cc2)cc1. The molecule has 0 aliphatic carbocycles. The highest BCUT2D eigenvalue weighted by atomic mass is 31.2. The van der Waals surface area contributed by atoms with Gasteiger partial charge in [-0.25, -0.2) is 19.6 Å². The average Bonchev–Trinajstić information content (AvgIpc) is 4.02. The van der Waals surface area contributed by atoms with Gasteiger partial charge in [0.25, 0.3) is 8.53 Å². The first-order chi connectivity index (χ1) is 37.1. The van der Waals surface area contributed by atoms with Crippen LogP contribution >= 0.6 is 8.53 Å². The number of nitrogens with one attached hydrogen (secondary N) is 1. The third-order valence-corrected chi connectivity index (χ3v) is 20.9. The van der Waals surface area contributed by atoms with E-state index in [4.69, 9.17) is 47.4 Å². The zero-order chi connectivity index (χ0) is 54.7. The van der Waals surface area contributed by atoms with Crippen LogP contribution in [-0.4, -0.2) is 90.3 Å². The maximum absolute atomic E-state index is 9.80. The molecule has 0 amide bonds. The van der Waals surface area contributed by atoms with E-state index in [-0.39, 0.29) is 36.8 Å². The molecular weight excluding hydrogens is 1000 g/mol. The normalized spacial score (nSPS) is 17.6. The molecule has 1 fully saturated rings. The molecule has 7 aromatic rings. The molecule has 1 saturated heterocycles. The minimum absolute atomic E-state index is 0.00959. The van der Waals surface area contributed by atoms with Gasteiger partial charge in [-0.05, 0) is 104 Å². The summed E-state index contributed by atoms with van der Waals surface area (Å²) in [6.07, 6.45) is 2.47. The molecule has 14 nitrogen and oxygen atoms in total. The summed E-state index contributed by atoms with van der Waals surface area (Å²) in [4.78, 5) is 15.1. The second-order valence-electron chi connectivity index (χ2n) is 21.2. The summed E-state index contributed by atoms with van der Waals surface area (Å²) in [6, 6.07) is 48.8. The first-order valence-electron chi connectivity index (χ1n) is 26.4. The van der Waals surface area contributed by atoms with Crippen molar-refractivity contribution in [1.29, 1.82) is 5.26 Å². The van der Waals surface area contributed by atoms with Gasteiger partial charge in [-0.3, -0.25) is 4.57 Å². The van der Waals surface area contributed by atoms with Crippen molar-refractivity contribution in [2.24, 2.45) is 0 Å². The molecule has 0 saturated carbocycles. The quantitative estimate of drug-likeness (QED) is 0.0265. The number of aromatic nitrogens is 4. The van der Waals surface area contributed by atoms with Crippen molar-refractivity contribution in [3.05, 3.63) is 179 Å². The number of fused-ring (bicyclic) bond motifs is 1. The molecular formula is C61H74N7O7PSi. The molecule has 404 valence electrons. The monoisotopic (exact) mass is 1080 g/mol. The van der Waals surface area contributed by atoms with E-state index in [9.17, 15) is 5.26 Å². The summed E-state index contributed by atoms with van der Waals surface area (Å²) < 4.78 is 53.1. The van der Waals surface area contributed by atoms with Crippen molar-refractivity contribution in [3.8, 4) is 17.6 Å². The Morgan fingerprint density at radius 2 is 1.34 bits per heavy atom. The van der Waals surface area contributed by atoms with Gasteiger partial charge in [0.05, 0.1) is 45.6 Å². The van der Waals surface area contributed by atoms with Crippen LogP contribution in [0, 0.1) is 11.3 Å². The van der Waals surface area contributed by atoms with Gasteiger partial charge in [0.15, 0.2) is 20.2 Å². The number of ether oxygens (including phenoxy) is 4. The Bertz CT molecular complexity index is 2990. The van der Waals surface area contributed by atoms with E-state index < -0.39 is 47.0 Å². The van der Waals surface area contributed by atoms with Gasteiger partial charge in [0.2, 0.25) is 5.95 Å². The zero-order valence-corrected chi connectivity index (χ0v) is 48.2. The third kappa shape index (κ3) is 13.0. The van der Waals surface area contributed by atoms with Gasteiger partial charge in [-0.2, -0.15) is 5.26 Å². The highest BCUT2D eigenvalue weighted by Crippen LogP contribution is 2.53. The molecule has 1 N–H and O–H groups in total. The molecule has 16 heteroatoms. The molecule has 1 aliphatic rings. The van der Waals surface area contributed by atoms with Crippen LogP contribution < -0.4 is 14.8 Å².